The zero-order chi connectivity index (χ0) is 16.9. The number of halogens is 3. The van der Waals surface area contributed by atoms with Gasteiger partial charge in [-0.2, -0.15) is 13.2 Å². The molecule has 0 bridgehead atoms. The summed E-state index contributed by atoms with van der Waals surface area (Å²) in [6, 6.07) is 10.6. The Morgan fingerprint density at radius 3 is 2.22 bits per heavy atom. The molecule has 0 saturated heterocycles. The van der Waals surface area contributed by atoms with E-state index in [0.717, 1.165) is 17.7 Å². The van der Waals surface area contributed by atoms with Gasteiger partial charge in [-0.1, -0.05) is 30.4 Å². The van der Waals surface area contributed by atoms with E-state index in [0.29, 0.717) is 23.5 Å². The molecule has 5 heteroatoms. The average molecular weight is 322 g/mol. The molecule has 2 nitrogen and oxygen atoms in total. The Balaban J connectivity index is 2.07. The van der Waals surface area contributed by atoms with Crippen molar-refractivity contribution in [1.29, 1.82) is 0 Å². The van der Waals surface area contributed by atoms with Gasteiger partial charge in [-0.25, -0.2) is 0 Å². The topological polar surface area (TPSA) is 18.5 Å². The molecule has 122 valence electrons. The highest BCUT2D eigenvalue weighted by Crippen LogP contribution is 2.29. The van der Waals surface area contributed by atoms with Crippen LogP contribution in [0, 0.1) is 0 Å². The van der Waals surface area contributed by atoms with Gasteiger partial charge in [0.25, 0.3) is 0 Å². The Hall–Kier alpha value is -2.43. The molecule has 0 fully saturated rings. The molecule has 2 aromatic rings. The molecule has 0 aliphatic rings. The van der Waals surface area contributed by atoms with E-state index in [1.807, 2.05) is 18.2 Å². The van der Waals surface area contributed by atoms with Crippen LogP contribution < -0.4 is 9.47 Å². The number of allylic oxidation sites excluding steroid dienone is 1. The predicted molar refractivity (Wildman–Crippen MR) is 83.7 cm³/mol. The first-order valence-corrected chi connectivity index (χ1v) is 6.98. The molecule has 23 heavy (non-hydrogen) atoms. The van der Waals surface area contributed by atoms with E-state index in [4.69, 9.17) is 9.47 Å². The molecule has 0 saturated carbocycles. The van der Waals surface area contributed by atoms with Gasteiger partial charge in [0.05, 0.1) is 19.8 Å². The van der Waals surface area contributed by atoms with Crippen molar-refractivity contribution >= 4 is 6.08 Å². The van der Waals surface area contributed by atoms with E-state index >= 15 is 0 Å². The van der Waals surface area contributed by atoms with Crippen molar-refractivity contribution in [3.63, 3.8) is 0 Å². The molecule has 0 spiro atoms. The molecular weight excluding hydrogens is 305 g/mol. The van der Waals surface area contributed by atoms with Crippen molar-refractivity contribution in [1.82, 2.24) is 0 Å². The van der Waals surface area contributed by atoms with E-state index in [2.05, 4.69) is 0 Å². The van der Waals surface area contributed by atoms with Crippen LogP contribution in [-0.2, 0) is 12.6 Å². The highest BCUT2D eigenvalue weighted by atomic mass is 19.4. The maximum Gasteiger partial charge on any atom is 0.416 e. The molecule has 2 rings (SSSR count). The Labute approximate surface area is 133 Å². The molecule has 2 aromatic carbocycles. The second kappa shape index (κ2) is 7.22. The summed E-state index contributed by atoms with van der Waals surface area (Å²) in [5.41, 5.74) is 1.04. The summed E-state index contributed by atoms with van der Waals surface area (Å²) in [7, 11) is 3.16. The Morgan fingerprint density at radius 1 is 0.957 bits per heavy atom. The standard InChI is InChI=1S/C18H17F3O2/c1-22-16-11-8-14(17(12-16)23-2)5-3-4-13-6-9-15(10-7-13)18(19,20)21/h3-4,6-12H,5H2,1-2H3/b4-3+. The van der Waals surface area contributed by atoms with Gasteiger partial charge in [0.15, 0.2) is 0 Å². The second-order valence-corrected chi connectivity index (χ2v) is 4.90. The molecule has 0 radical (unpaired) electrons. The summed E-state index contributed by atoms with van der Waals surface area (Å²) in [6.07, 6.45) is -0.0380. The fraction of sp³-hybridized carbons (Fsp3) is 0.222. The van der Waals surface area contributed by atoms with E-state index < -0.39 is 11.7 Å². The molecule has 0 atom stereocenters. The van der Waals surface area contributed by atoms with Crippen LogP contribution in [0.4, 0.5) is 13.2 Å². The van der Waals surface area contributed by atoms with Crippen molar-refractivity contribution in [3.8, 4) is 11.5 Å². The smallest absolute Gasteiger partial charge is 0.416 e. The lowest BCUT2D eigenvalue weighted by molar-refractivity contribution is -0.137. The van der Waals surface area contributed by atoms with Crippen molar-refractivity contribution in [2.45, 2.75) is 12.6 Å². The summed E-state index contributed by atoms with van der Waals surface area (Å²) in [6.45, 7) is 0. The number of hydrogen-bond donors (Lipinski definition) is 0. The van der Waals surface area contributed by atoms with Crippen LogP contribution in [0.15, 0.2) is 48.5 Å². The van der Waals surface area contributed by atoms with Crippen molar-refractivity contribution < 1.29 is 22.6 Å². The van der Waals surface area contributed by atoms with E-state index in [9.17, 15) is 13.2 Å². The van der Waals surface area contributed by atoms with Crippen molar-refractivity contribution in [3.05, 3.63) is 65.2 Å². The molecule has 0 aliphatic heterocycles. The summed E-state index contributed by atoms with van der Waals surface area (Å²) in [4.78, 5) is 0. The highest BCUT2D eigenvalue weighted by molar-refractivity contribution is 5.51. The monoisotopic (exact) mass is 322 g/mol. The number of ether oxygens (including phenoxy) is 2. The van der Waals surface area contributed by atoms with Crippen LogP contribution in [0.2, 0.25) is 0 Å². The van der Waals surface area contributed by atoms with Gasteiger partial charge in [0.2, 0.25) is 0 Å². The van der Waals surface area contributed by atoms with E-state index in [-0.39, 0.29) is 0 Å². The fourth-order valence-electron chi connectivity index (χ4n) is 2.13. The van der Waals surface area contributed by atoms with Crippen molar-refractivity contribution in [2.24, 2.45) is 0 Å². The second-order valence-electron chi connectivity index (χ2n) is 4.90. The molecule has 0 amide bonds. The third kappa shape index (κ3) is 4.52. The Bertz CT molecular complexity index is 674. The summed E-state index contributed by atoms with van der Waals surface area (Å²) < 4.78 is 47.9. The fourth-order valence-corrected chi connectivity index (χ4v) is 2.13. The maximum absolute atomic E-state index is 12.5. The minimum Gasteiger partial charge on any atom is -0.497 e. The first-order valence-electron chi connectivity index (χ1n) is 6.98. The molecule has 0 N–H and O–H groups in total. The maximum atomic E-state index is 12.5. The predicted octanol–water partition coefficient (Wildman–Crippen LogP) is 4.98. The van der Waals surface area contributed by atoms with Crippen molar-refractivity contribution in [2.75, 3.05) is 14.2 Å². The summed E-state index contributed by atoms with van der Waals surface area (Å²) in [5.74, 6) is 1.42. The zero-order valence-corrected chi connectivity index (χ0v) is 12.9. The van der Waals surface area contributed by atoms with Gasteiger partial charge in [0, 0.05) is 6.07 Å². The van der Waals surface area contributed by atoms with Crippen LogP contribution in [0.25, 0.3) is 6.08 Å². The molecule has 0 heterocycles. The quantitative estimate of drug-likeness (QED) is 0.773. The van der Waals surface area contributed by atoms with Gasteiger partial charge in [-0.15, -0.1) is 0 Å². The largest absolute Gasteiger partial charge is 0.497 e. The van der Waals surface area contributed by atoms with Crippen LogP contribution in [0.1, 0.15) is 16.7 Å². The minimum absolute atomic E-state index is 0.605. The van der Waals surface area contributed by atoms with Gasteiger partial charge >= 0.3 is 6.18 Å². The minimum atomic E-state index is -4.31. The lowest BCUT2D eigenvalue weighted by Gasteiger charge is -2.08. The lowest BCUT2D eigenvalue weighted by atomic mass is 10.1. The first-order chi connectivity index (χ1) is 10.9. The van der Waals surface area contributed by atoms with Gasteiger partial charge in [0.1, 0.15) is 11.5 Å². The van der Waals surface area contributed by atoms with Crippen LogP contribution >= 0.6 is 0 Å². The highest BCUT2D eigenvalue weighted by Gasteiger charge is 2.29. The average Bonchev–Trinajstić information content (AvgIpc) is 2.54. The van der Waals surface area contributed by atoms with Gasteiger partial charge in [-0.05, 0) is 35.7 Å². The molecular formula is C18H17F3O2. The number of benzene rings is 2. The molecule has 0 aliphatic carbocycles. The van der Waals surface area contributed by atoms with Crippen LogP contribution in [-0.4, -0.2) is 14.2 Å². The Kier molecular flexibility index (Phi) is 5.32. The number of rotatable bonds is 5. The summed E-state index contributed by atoms with van der Waals surface area (Å²) >= 11 is 0. The third-order valence-electron chi connectivity index (χ3n) is 3.38. The molecule has 0 aromatic heterocycles. The SMILES string of the molecule is COc1ccc(C/C=C/c2ccc(C(F)(F)F)cc2)c(OC)c1. The first kappa shape index (κ1) is 16.9. The van der Waals surface area contributed by atoms with E-state index in [1.54, 1.807) is 26.4 Å². The zero-order valence-electron chi connectivity index (χ0n) is 12.9. The lowest BCUT2D eigenvalue weighted by Crippen LogP contribution is -2.03. The number of hydrogen-bond acceptors (Lipinski definition) is 2. The number of alkyl halides is 3. The van der Waals surface area contributed by atoms with Crippen LogP contribution in [0.5, 0.6) is 11.5 Å². The number of methoxy groups -OCH3 is 2. The normalized spacial score (nSPS) is 11.7. The van der Waals surface area contributed by atoms with Gasteiger partial charge in [-0.3, -0.25) is 0 Å². The van der Waals surface area contributed by atoms with Gasteiger partial charge < -0.3 is 9.47 Å². The third-order valence-corrected chi connectivity index (χ3v) is 3.38. The molecule has 0 unspecified atom stereocenters. The Morgan fingerprint density at radius 2 is 1.65 bits per heavy atom. The summed E-state index contributed by atoms with van der Waals surface area (Å²) in [5, 5.41) is 0. The van der Waals surface area contributed by atoms with E-state index in [1.165, 1.54) is 12.1 Å². The van der Waals surface area contributed by atoms with Crippen LogP contribution in [0.3, 0.4) is 0 Å².